The summed E-state index contributed by atoms with van der Waals surface area (Å²) in [6, 6.07) is 0. The molecule has 0 aliphatic rings. The molecule has 108 valence electrons. The van der Waals surface area contributed by atoms with Crippen molar-refractivity contribution in [1.82, 2.24) is 10.3 Å². The fraction of sp³-hybridized carbons (Fsp3) is 0.500. The molecule has 1 rings (SSSR count). The number of thiazole rings is 1. The Morgan fingerprint density at radius 2 is 2.55 bits per heavy atom. The second-order valence-electron chi connectivity index (χ2n) is 3.71. The van der Waals surface area contributed by atoms with Crippen molar-refractivity contribution in [2.45, 2.75) is 12.2 Å². The lowest BCUT2D eigenvalue weighted by molar-refractivity contribution is -0.463. The van der Waals surface area contributed by atoms with Gasteiger partial charge in [-0.3, -0.25) is 15.1 Å². The van der Waals surface area contributed by atoms with Crippen molar-refractivity contribution in [3.05, 3.63) is 26.7 Å². The second kappa shape index (κ2) is 10.2. The standard InChI is InChI=1S/C12H16N4O2S2/c1-2-4-13-11(9-16(17)18)14-5-3-7-19-10-12-15-6-8-20-12/h1,6,8H,3-5,7,9-10H2,(H,13,14). The highest BCUT2D eigenvalue weighted by Gasteiger charge is 2.05. The van der Waals surface area contributed by atoms with Gasteiger partial charge >= 0.3 is 0 Å². The molecule has 0 fully saturated rings. The van der Waals surface area contributed by atoms with E-state index in [1.807, 2.05) is 5.38 Å². The van der Waals surface area contributed by atoms with Gasteiger partial charge in [0, 0.05) is 28.8 Å². The topological polar surface area (TPSA) is 80.4 Å². The third kappa shape index (κ3) is 7.76. The summed E-state index contributed by atoms with van der Waals surface area (Å²) in [6.45, 7) is 0.505. The van der Waals surface area contributed by atoms with Crippen LogP contribution in [0.2, 0.25) is 0 Å². The molecule has 0 bridgehead atoms. The summed E-state index contributed by atoms with van der Waals surface area (Å²) in [5.41, 5.74) is 0. The van der Waals surface area contributed by atoms with E-state index in [4.69, 9.17) is 6.42 Å². The Kier molecular flexibility index (Phi) is 8.42. The van der Waals surface area contributed by atoms with Crippen LogP contribution in [-0.4, -0.2) is 41.1 Å². The van der Waals surface area contributed by atoms with Gasteiger partial charge in [0.2, 0.25) is 0 Å². The van der Waals surface area contributed by atoms with Crippen LogP contribution in [0, 0.1) is 22.5 Å². The average Bonchev–Trinajstić information content (AvgIpc) is 2.92. The fourth-order valence-corrected chi connectivity index (χ4v) is 2.95. The van der Waals surface area contributed by atoms with Crippen LogP contribution in [0.25, 0.3) is 0 Å². The zero-order valence-electron chi connectivity index (χ0n) is 10.9. The van der Waals surface area contributed by atoms with Gasteiger partial charge in [0.25, 0.3) is 6.54 Å². The van der Waals surface area contributed by atoms with E-state index in [2.05, 4.69) is 21.2 Å². The van der Waals surface area contributed by atoms with Crippen LogP contribution in [0.1, 0.15) is 11.4 Å². The van der Waals surface area contributed by atoms with E-state index in [0.29, 0.717) is 12.4 Å². The number of amidine groups is 1. The van der Waals surface area contributed by atoms with E-state index < -0.39 is 4.92 Å². The van der Waals surface area contributed by atoms with Crippen molar-refractivity contribution in [3.63, 3.8) is 0 Å². The van der Waals surface area contributed by atoms with Crippen LogP contribution >= 0.6 is 23.1 Å². The maximum Gasteiger partial charge on any atom is 0.259 e. The molecule has 8 heteroatoms. The number of terminal acetylenes is 1. The zero-order chi connectivity index (χ0) is 14.6. The largest absolute Gasteiger partial charge is 0.357 e. The minimum atomic E-state index is -0.417. The monoisotopic (exact) mass is 312 g/mol. The lowest BCUT2D eigenvalue weighted by atomic mass is 10.4. The van der Waals surface area contributed by atoms with Gasteiger partial charge < -0.3 is 5.32 Å². The van der Waals surface area contributed by atoms with Gasteiger partial charge in [-0.05, 0) is 12.2 Å². The number of nitrogens with one attached hydrogen (secondary N) is 1. The van der Waals surface area contributed by atoms with Gasteiger partial charge in [-0.2, -0.15) is 11.8 Å². The smallest absolute Gasteiger partial charge is 0.259 e. The highest BCUT2D eigenvalue weighted by atomic mass is 32.2. The summed E-state index contributed by atoms with van der Waals surface area (Å²) >= 11 is 3.43. The molecule has 6 nitrogen and oxygen atoms in total. The lowest BCUT2D eigenvalue weighted by Gasteiger charge is -2.03. The van der Waals surface area contributed by atoms with E-state index in [9.17, 15) is 10.1 Å². The molecular formula is C12H16N4O2S2. The third-order valence-electron chi connectivity index (χ3n) is 2.13. The number of thioether (sulfide) groups is 1. The number of nitro groups is 1. The molecule has 0 aliphatic heterocycles. The van der Waals surface area contributed by atoms with Crippen LogP contribution in [0.5, 0.6) is 0 Å². The predicted molar refractivity (Wildman–Crippen MR) is 83.9 cm³/mol. The van der Waals surface area contributed by atoms with Gasteiger partial charge in [-0.1, -0.05) is 5.92 Å². The molecule has 0 spiro atoms. The van der Waals surface area contributed by atoms with Crippen LogP contribution in [0.15, 0.2) is 16.6 Å². The molecule has 1 aromatic heterocycles. The molecule has 1 heterocycles. The van der Waals surface area contributed by atoms with Crippen LogP contribution in [-0.2, 0) is 5.75 Å². The zero-order valence-corrected chi connectivity index (χ0v) is 12.6. The molecule has 1 N–H and O–H groups in total. The minimum absolute atomic E-state index is 0.255. The molecular weight excluding hydrogens is 296 g/mol. The first kappa shape index (κ1) is 16.5. The average molecular weight is 312 g/mol. The molecule has 0 atom stereocenters. The quantitative estimate of drug-likeness (QED) is 0.187. The van der Waals surface area contributed by atoms with Crippen LogP contribution in [0.3, 0.4) is 0 Å². The Morgan fingerprint density at radius 3 is 3.20 bits per heavy atom. The highest BCUT2D eigenvalue weighted by molar-refractivity contribution is 7.98. The lowest BCUT2D eigenvalue weighted by Crippen LogP contribution is -2.30. The highest BCUT2D eigenvalue weighted by Crippen LogP contribution is 2.14. The number of aliphatic imine (C=N–C) groups is 1. The van der Waals surface area contributed by atoms with Crippen molar-refractivity contribution in [2.24, 2.45) is 4.99 Å². The number of hydrogen-bond acceptors (Lipinski definition) is 6. The summed E-state index contributed by atoms with van der Waals surface area (Å²) in [5, 5.41) is 16.3. The predicted octanol–water partition coefficient (Wildman–Crippen LogP) is 1.66. The Labute approximate surface area is 126 Å². The van der Waals surface area contributed by atoms with Gasteiger partial charge in [-0.25, -0.2) is 4.98 Å². The Hall–Kier alpha value is -1.59. The van der Waals surface area contributed by atoms with Gasteiger partial charge in [0.15, 0.2) is 5.84 Å². The molecule has 1 aromatic rings. The molecule has 0 aliphatic carbocycles. The summed E-state index contributed by atoms with van der Waals surface area (Å²) in [6.07, 6.45) is 7.77. The van der Waals surface area contributed by atoms with Crippen molar-refractivity contribution in [1.29, 1.82) is 0 Å². The summed E-state index contributed by atoms with van der Waals surface area (Å²) < 4.78 is 0. The van der Waals surface area contributed by atoms with Gasteiger partial charge in [0.1, 0.15) is 5.01 Å². The van der Waals surface area contributed by atoms with Crippen molar-refractivity contribution < 1.29 is 4.92 Å². The number of rotatable bonds is 9. The fourth-order valence-electron chi connectivity index (χ4n) is 1.30. The minimum Gasteiger partial charge on any atom is -0.357 e. The first-order valence-electron chi connectivity index (χ1n) is 6.01. The van der Waals surface area contributed by atoms with Crippen LogP contribution in [0.4, 0.5) is 0 Å². The third-order valence-corrected chi connectivity index (χ3v) is 4.15. The molecule has 0 saturated heterocycles. The van der Waals surface area contributed by atoms with E-state index in [1.165, 1.54) is 0 Å². The van der Waals surface area contributed by atoms with E-state index in [1.54, 1.807) is 29.3 Å². The number of aromatic nitrogens is 1. The maximum atomic E-state index is 10.5. The molecule has 0 saturated carbocycles. The number of nitrogens with zero attached hydrogens (tertiary/aromatic N) is 3. The van der Waals surface area contributed by atoms with Gasteiger partial charge in [-0.15, -0.1) is 17.8 Å². The maximum absolute atomic E-state index is 10.5. The second-order valence-corrected chi connectivity index (χ2v) is 5.79. The first-order valence-corrected chi connectivity index (χ1v) is 8.04. The van der Waals surface area contributed by atoms with Crippen molar-refractivity contribution in [2.75, 3.05) is 25.4 Å². The van der Waals surface area contributed by atoms with Crippen molar-refractivity contribution in [3.8, 4) is 12.3 Å². The number of hydrogen-bond donors (Lipinski definition) is 1. The van der Waals surface area contributed by atoms with E-state index >= 15 is 0 Å². The van der Waals surface area contributed by atoms with Crippen molar-refractivity contribution >= 4 is 28.9 Å². The van der Waals surface area contributed by atoms with E-state index in [0.717, 1.165) is 22.9 Å². The molecule has 20 heavy (non-hydrogen) atoms. The Bertz CT molecular complexity index is 468. The molecule has 0 aromatic carbocycles. The molecule has 0 unspecified atom stereocenters. The van der Waals surface area contributed by atoms with Crippen LogP contribution < -0.4 is 5.32 Å². The van der Waals surface area contributed by atoms with E-state index in [-0.39, 0.29) is 13.1 Å². The Morgan fingerprint density at radius 1 is 1.70 bits per heavy atom. The normalized spacial score (nSPS) is 11.1. The first-order chi connectivity index (χ1) is 9.72. The summed E-state index contributed by atoms with van der Waals surface area (Å²) in [5.74, 6) is 4.57. The SMILES string of the molecule is C#CCNC(C[N+](=O)[O-])=NCCCSCc1nccs1. The Balaban J connectivity index is 2.18. The molecule has 0 amide bonds. The summed E-state index contributed by atoms with van der Waals surface area (Å²) in [4.78, 5) is 18.4. The molecule has 0 radical (unpaired) electrons. The summed E-state index contributed by atoms with van der Waals surface area (Å²) in [7, 11) is 0. The van der Waals surface area contributed by atoms with Gasteiger partial charge in [0.05, 0.1) is 6.54 Å².